The summed E-state index contributed by atoms with van der Waals surface area (Å²) >= 11 is 0. The van der Waals surface area contributed by atoms with Gasteiger partial charge in [-0.2, -0.15) is 5.26 Å². The highest BCUT2D eigenvalue weighted by Gasteiger charge is 1.89. The van der Waals surface area contributed by atoms with Crippen LogP contribution in [0.5, 0.6) is 0 Å². The molecule has 0 amide bonds. The molecular weight excluding hydrogens is 186 g/mol. The van der Waals surface area contributed by atoms with E-state index in [1.54, 1.807) is 13.0 Å². The fourth-order valence-electron chi connectivity index (χ4n) is 0.296. The Morgan fingerprint density at radius 1 is 1.64 bits per heavy atom. The number of allylic oxidation sites excluding steroid dienone is 1. The van der Waals surface area contributed by atoms with Crippen LogP contribution >= 0.6 is 0 Å². The average molecular weight is 197 g/mol. The van der Waals surface area contributed by atoms with Gasteiger partial charge in [-0.3, -0.25) is 0 Å². The molecule has 0 spiro atoms. The van der Waals surface area contributed by atoms with Crippen molar-refractivity contribution in [3.05, 3.63) is 24.8 Å². The van der Waals surface area contributed by atoms with Gasteiger partial charge in [0.1, 0.15) is 0 Å². The Morgan fingerprint density at radius 2 is 2.14 bits per heavy atom. The Balaban J connectivity index is 0. The first-order valence-electron chi connectivity index (χ1n) is 3.66. The predicted molar refractivity (Wildman–Crippen MR) is 49.2 cm³/mol. The zero-order valence-corrected chi connectivity index (χ0v) is 7.77. The van der Waals surface area contributed by atoms with E-state index < -0.39 is 11.9 Å². The van der Waals surface area contributed by atoms with Crippen molar-refractivity contribution in [1.82, 2.24) is 0 Å². The van der Waals surface area contributed by atoms with E-state index in [0.29, 0.717) is 6.61 Å². The number of rotatable bonds is 3. The zero-order chi connectivity index (χ0) is 11.4. The maximum absolute atomic E-state index is 10.3. The van der Waals surface area contributed by atoms with Crippen LogP contribution in [0, 0.1) is 11.3 Å². The number of carboxylic acids is 1. The molecule has 0 saturated heterocycles. The molecule has 0 aromatic carbocycles. The van der Waals surface area contributed by atoms with Gasteiger partial charge in [0.2, 0.25) is 0 Å². The van der Waals surface area contributed by atoms with Crippen LogP contribution in [0.4, 0.5) is 0 Å². The van der Waals surface area contributed by atoms with Crippen molar-refractivity contribution < 1.29 is 19.4 Å². The Hall–Kier alpha value is -2.09. The maximum atomic E-state index is 10.3. The summed E-state index contributed by atoms with van der Waals surface area (Å²) in [5.41, 5.74) is 0. The molecule has 0 heterocycles. The monoisotopic (exact) mass is 197 g/mol. The van der Waals surface area contributed by atoms with Crippen LogP contribution < -0.4 is 0 Å². The number of aliphatic carboxylic acids is 1. The number of ether oxygens (including phenoxy) is 1. The molecule has 0 radical (unpaired) electrons. The minimum atomic E-state index is -0.981. The van der Waals surface area contributed by atoms with Crippen LogP contribution in [0.3, 0.4) is 0 Å². The van der Waals surface area contributed by atoms with Crippen molar-refractivity contribution in [1.29, 1.82) is 5.26 Å². The molecule has 5 heteroatoms. The molecule has 0 unspecified atom stereocenters. The number of carboxylic acid groups (broad SMARTS) is 1. The second-order valence-corrected chi connectivity index (χ2v) is 1.76. The van der Waals surface area contributed by atoms with Gasteiger partial charge >= 0.3 is 11.9 Å². The minimum Gasteiger partial charge on any atom is -0.478 e. The molecule has 0 fully saturated rings. The molecule has 1 N–H and O–H groups in total. The molecule has 0 bridgehead atoms. The molecule has 0 aliphatic carbocycles. The quantitative estimate of drug-likeness (QED) is 0.412. The van der Waals surface area contributed by atoms with Crippen molar-refractivity contribution in [2.75, 3.05) is 6.61 Å². The summed E-state index contributed by atoms with van der Waals surface area (Å²) in [4.78, 5) is 19.6. The summed E-state index contributed by atoms with van der Waals surface area (Å²) in [5, 5.41) is 15.5. The van der Waals surface area contributed by atoms with Crippen LogP contribution in [-0.2, 0) is 14.3 Å². The van der Waals surface area contributed by atoms with E-state index in [1.807, 2.05) is 0 Å². The smallest absolute Gasteiger partial charge is 0.331 e. The second kappa shape index (κ2) is 10.9. The molecule has 0 atom stereocenters. The van der Waals surface area contributed by atoms with E-state index in [1.165, 1.54) is 0 Å². The third-order valence-corrected chi connectivity index (χ3v) is 0.755. The van der Waals surface area contributed by atoms with Gasteiger partial charge in [0, 0.05) is 18.2 Å². The summed E-state index contributed by atoms with van der Waals surface area (Å²) in [6.07, 6.45) is 3.00. The Kier molecular flexibility index (Phi) is 11.2. The van der Waals surface area contributed by atoms with Crippen molar-refractivity contribution in [3.63, 3.8) is 0 Å². The Bertz CT molecular complexity index is 262. The van der Waals surface area contributed by atoms with Crippen molar-refractivity contribution in [2.24, 2.45) is 0 Å². The summed E-state index contributed by atoms with van der Waals surface area (Å²) in [5.74, 6) is -1.45. The van der Waals surface area contributed by atoms with Crippen LogP contribution in [0.25, 0.3) is 0 Å². The topological polar surface area (TPSA) is 87.4 Å². The van der Waals surface area contributed by atoms with Crippen molar-refractivity contribution >= 4 is 11.9 Å². The molecule has 76 valence electrons. The molecule has 0 rings (SSSR count). The summed E-state index contributed by atoms with van der Waals surface area (Å²) < 4.78 is 4.47. The van der Waals surface area contributed by atoms with Crippen molar-refractivity contribution in [2.45, 2.75) is 6.92 Å². The molecule has 0 aliphatic heterocycles. The lowest BCUT2D eigenvalue weighted by molar-refractivity contribution is -0.137. The lowest BCUT2D eigenvalue weighted by Crippen LogP contribution is -1.98. The first-order valence-corrected chi connectivity index (χ1v) is 3.66. The third-order valence-electron chi connectivity index (χ3n) is 0.755. The molecule has 5 nitrogen and oxygen atoms in total. The summed E-state index contributed by atoms with van der Waals surface area (Å²) in [6.45, 7) is 5.01. The van der Waals surface area contributed by atoms with Gasteiger partial charge in [-0.05, 0) is 6.92 Å². The van der Waals surface area contributed by atoms with E-state index in [4.69, 9.17) is 10.4 Å². The lowest BCUT2D eigenvalue weighted by atomic mass is 10.5. The first kappa shape index (κ1) is 14.4. The highest BCUT2D eigenvalue weighted by atomic mass is 16.5. The van der Waals surface area contributed by atoms with E-state index in [9.17, 15) is 9.59 Å². The number of nitrogens with zero attached hydrogens (tertiary/aromatic N) is 1. The lowest BCUT2D eigenvalue weighted by Gasteiger charge is -1.91. The third kappa shape index (κ3) is 16.5. The second-order valence-electron chi connectivity index (χ2n) is 1.76. The number of carbonyl (C=O) groups excluding carboxylic acids is 1. The predicted octanol–water partition coefficient (Wildman–Crippen LogP) is 0.886. The van der Waals surface area contributed by atoms with E-state index >= 15 is 0 Å². The van der Waals surface area contributed by atoms with E-state index in [-0.39, 0.29) is 0 Å². The number of esters is 1. The largest absolute Gasteiger partial charge is 0.478 e. The number of carbonyl (C=O) groups is 2. The van der Waals surface area contributed by atoms with Gasteiger partial charge in [0.15, 0.2) is 0 Å². The van der Waals surface area contributed by atoms with Gasteiger partial charge in [-0.25, -0.2) is 9.59 Å². The standard InChI is InChI=1S/C6H7NO2.C3H4O2/c1-2-9-6(8)4-3-5-7;1-2-3(4)5/h3-4H,2H2,1H3;2H,1H2,(H,4,5). The molecule has 14 heavy (non-hydrogen) atoms. The van der Waals surface area contributed by atoms with Gasteiger partial charge in [-0.15, -0.1) is 0 Å². The molecule has 0 aromatic rings. The Morgan fingerprint density at radius 3 is 2.43 bits per heavy atom. The van der Waals surface area contributed by atoms with Gasteiger partial charge in [0.05, 0.1) is 12.7 Å². The molecule has 0 saturated carbocycles. The Labute approximate surface area is 81.9 Å². The molecule has 0 aliphatic rings. The van der Waals surface area contributed by atoms with E-state index in [2.05, 4.69) is 11.3 Å². The SMILES string of the molecule is C=CC(=O)O.CCOC(=O)C=CC#N. The number of hydrogen-bond acceptors (Lipinski definition) is 4. The molecule has 0 aromatic heterocycles. The van der Waals surface area contributed by atoms with Crippen LogP contribution in [0.1, 0.15) is 6.92 Å². The first-order chi connectivity index (χ1) is 6.58. The maximum Gasteiger partial charge on any atom is 0.331 e. The number of nitriles is 1. The van der Waals surface area contributed by atoms with Crippen molar-refractivity contribution in [3.8, 4) is 6.07 Å². The summed E-state index contributed by atoms with van der Waals surface area (Å²) in [6, 6.07) is 1.68. The average Bonchev–Trinajstić information content (AvgIpc) is 2.16. The van der Waals surface area contributed by atoms with Gasteiger partial charge in [-0.1, -0.05) is 6.58 Å². The minimum absolute atomic E-state index is 0.342. The van der Waals surface area contributed by atoms with Crippen LogP contribution in [0.2, 0.25) is 0 Å². The van der Waals surface area contributed by atoms with Gasteiger partial charge in [0.25, 0.3) is 0 Å². The molecular formula is C9H11NO4. The van der Waals surface area contributed by atoms with Crippen LogP contribution in [0.15, 0.2) is 24.8 Å². The fourth-order valence-corrected chi connectivity index (χ4v) is 0.296. The van der Waals surface area contributed by atoms with Crippen LogP contribution in [-0.4, -0.2) is 23.7 Å². The van der Waals surface area contributed by atoms with Gasteiger partial charge < -0.3 is 9.84 Å². The highest BCUT2D eigenvalue weighted by Crippen LogP contribution is 1.78. The number of hydrogen-bond donors (Lipinski definition) is 1. The highest BCUT2D eigenvalue weighted by molar-refractivity contribution is 5.82. The zero-order valence-electron chi connectivity index (χ0n) is 7.77. The van der Waals surface area contributed by atoms with E-state index in [0.717, 1.165) is 18.2 Å². The summed E-state index contributed by atoms with van der Waals surface area (Å²) in [7, 11) is 0. The normalized spacial score (nSPS) is 8.00. The fraction of sp³-hybridized carbons (Fsp3) is 0.222.